The summed E-state index contributed by atoms with van der Waals surface area (Å²) in [5, 5.41) is 0. The molecule has 7 atom stereocenters. The van der Waals surface area contributed by atoms with Crippen LogP contribution in [0.2, 0.25) is 0 Å². The number of hydrogen-bond donors (Lipinski definition) is 0. The van der Waals surface area contributed by atoms with Gasteiger partial charge in [0.1, 0.15) is 0 Å². The number of rotatable bonds is 4. The van der Waals surface area contributed by atoms with Crippen LogP contribution in [-0.2, 0) is 4.74 Å². The summed E-state index contributed by atoms with van der Waals surface area (Å²) in [4.78, 5) is 2.59. The van der Waals surface area contributed by atoms with Gasteiger partial charge in [-0.1, -0.05) is 26.0 Å². The maximum Gasteiger partial charge on any atom is 0.0597 e. The van der Waals surface area contributed by atoms with E-state index in [4.69, 9.17) is 4.74 Å². The molecule has 0 amide bonds. The second-order valence-electron chi connectivity index (χ2n) is 11.6. The second kappa shape index (κ2) is 7.41. The first kappa shape index (κ1) is 19.6. The minimum Gasteiger partial charge on any atom is -0.377 e. The van der Waals surface area contributed by atoms with Crippen molar-refractivity contribution < 1.29 is 4.74 Å². The highest BCUT2D eigenvalue weighted by Gasteiger charge is 2.58. The lowest BCUT2D eigenvalue weighted by molar-refractivity contribution is -0.126. The van der Waals surface area contributed by atoms with Gasteiger partial charge in [0.15, 0.2) is 0 Å². The van der Waals surface area contributed by atoms with Gasteiger partial charge in [0.25, 0.3) is 0 Å². The fourth-order valence-corrected chi connectivity index (χ4v) is 8.63. The van der Waals surface area contributed by atoms with Gasteiger partial charge in [0.2, 0.25) is 0 Å². The maximum absolute atomic E-state index is 6.42. The van der Waals surface area contributed by atoms with E-state index in [0.717, 1.165) is 36.8 Å². The van der Waals surface area contributed by atoms with E-state index in [-0.39, 0.29) is 0 Å². The Morgan fingerprint density at radius 3 is 2.64 bits per heavy atom. The van der Waals surface area contributed by atoms with Gasteiger partial charge in [0, 0.05) is 6.54 Å². The van der Waals surface area contributed by atoms with Gasteiger partial charge >= 0.3 is 0 Å². The number of nitrogens with zero attached hydrogens (tertiary/aromatic N) is 1. The summed E-state index contributed by atoms with van der Waals surface area (Å²) in [6.45, 7) is 14.4. The molecule has 5 fully saturated rings. The summed E-state index contributed by atoms with van der Waals surface area (Å²) in [6, 6.07) is 0. The Labute approximate surface area is 173 Å². The highest BCUT2D eigenvalue weighted by Crippen LogP contribution is 2.67. The topological polar surface area (TPSA) is 12.5 Å². The number of allylic oxidation sites excluding steroid dienone is 1. The van der Waals surface area contributed by atoms with E-state index in [0.29, 0.717) is 16.9 Å². The molecule has 158 valence electrons. The molecule has 4 aliphatic carbocycles. The third kappa shape index (κ3) is 3.13. The minimum atomic E-state index is 0.472. The molecule has 0 spiro atoms. The summed E-state index contributed by atoms with van der Waals surface area (Å²) in [6.07, 6.45) is 15.9. The van der Waals surface area contributed by atoms with Crippen molar-refractivity contribution in [2.75, 3.05) is 26.2 Å². The van der Waals surface area contributed by atoms with Gasteiger partial charge in [-0.15, -0.1) is 0 Å². The Morgan fingerprint density at radius 1 is 1.00 bits per heavy atom. The van der Waals surface area contributed by atoms with Crippen molar-refractivity contribution in [1.82, 2.24) is 4.90 Å². The standard InChI is InChI=1S/C26H43NO/c1-19-6-9-23-22-8-7-20-18-21(28-17-16-27-14-4-5-15-27)10-12-26(20,3)24(22)11-13-25(19,23)2/h20-24H,1,4-18H2,2-3H3/t20?,21-,22?,23?,24?,25+,26-/m0/s1. The van der Waals surface area contributed by atoms with Gasteiger partial charge < -0.3 is 9.64 Å². The fraction of sp³-hybridized carbons (Fsp3) is 0.923. The Kier molecular flexibility index (Phi) is 5.19. The zero-order chi connectivity index (χ0) is 19.4. The van der Waals surface area contributed by atoms with Gasteiger partial charge in [-0.3, -0.25) is 0 Å². The molecule has 5 rings (SSSR count). The molecule has 0 radical (unpaired) electrons. The van der Waals surface area contributed by atoms with Crippen LogP contribution in [0.3, 0.4) is 0 Å². The molecule has 4 saturated carbocycles. The van der Waals surface area contributed by atoms with Crippen molar-refractivity contribution in [3.8, 4) is 0 Å². The molecule has 0 bridgehead atoms. The lowest BCUT2D eigenvalue weighted by atomic mass is 9.45. The highest BCUT2D eigenvalue weighted by atomic mass is 16.5. The molecule has 1 heterocycles. The van der Waals surface area contributed by atoms with Crippen LogP contribution in [0.5, 0.6) is 0 Å². The molecular weight excluding hydrogens is 342 g/mol. The van der Waals surface area contributed by atoms with E-state index < -0.39 is 0 Å². The largest absolute Gasteiger partial charge is 0.377 e. The zero-order valence-corrected chi connectivity index (χ0v) is 18.6. The van der Waals surface area contributed by atoms with E-state index >= 15 is 0 Å². The third-order valence-corrected chi connectivity index (χ3v) is 10.5. The van der Waals surface area contributed by atoms with Crippen molar-refractivity contribution in [3.63, 3.8) is 0 Å². The van der Waals surface area contributed by atoms with Gasteiger partial charge in [-0.2, -0.15) is 0 Å². The lowest BCUT2D eigenvalue weighted by Gasteiger charge is -2.60. The van der Waals surface area contributed by atoms with Gasteiger partial charge in [0.05, 0.1) is 12.7 Å². The predicted octanol–water partition coefficient (Wildman–Crippen LogP) is 6.07. The van der Waals surface area contributed by atoms with Gasteiger partial charge in [-0.05, 0) is 118 Å². The summed E-state index contributed by atoms with van der Waals surface area (Å²) in [7, 11) is 0. The van der Waals surface area contributed by atoms with Crippen molar-refractivity contribution in [2.24, 2.45) is 34.5 Å². The SMILES string of the molecule is C=C1CCC2C3CCC4C[C@@H](OCCN5CCCC5)CC[C@]4(C)C3CC[C@]12C. The van der Waals surface area contributed by atoms with Crippen molar-refractivity contribution in [3.05, 3.63) is 12.2 Å². The molecule has 28 heavy (non-hydrogen) atoms. The van der Waals surface area contributed by atoms with E-state index in [1.165, 1.54) is 83.7 Å². The smallest absolute Gasteiger partial charge is 0.0597 e. The maximum atomic E-state index is 6.42. The normalized spacial score (nSPS) is 48.9. The molecule has 0 N–H and O–H groups in total. The molecule has 0 aromatic heterocycles. The summed E-state index contributed by atoms with van der Waals surface area (Å²) in [5.41, 5.74) is 2.64. The monoisotopic (exact) mass is 385 g/mol. The summed E-state index contributed by atoms with van der Waals surface area (Å²) in [5.74, 6) is 3.80. The summed E-state index contributed by atoms with van der Waals surface area (Å²) >= 11 is 0. The van der Waals surface area contributed by atoms with Crippen LogP contribution in [0.25, 0.3) is 0 Å². The number of fused-ring (bicyclic) bond motifs is 5. The highest BCUT2D eigenvalue weighted by molar-refractivity contribution is 5.21. The molecule has 2 heteroatoms. The minimum absolute atomic E-state index is 0.472. The quantitative estimate of drug-likeness (QED) is 0.545. The van der Waals surface area contributed by atoms with Crippen LogP contribution in [0, 0.1) is 34.5 Å². The number of hydrogen-bond acceptors (Lipinski definition) is 2. The Balaban J connectivity index is 1.21. The molecule has 0 aromatic carbocycles. The average molecular weight is 386 g/mol. The molecule has 1 aliphatic heterocycles. The molecule has 0 aromatic rings. The Bertz CT molecular complexity index is 595. The van der Waals surface area contributed by atoms with Crippen LogP contribution in [0.4, 0.5) is 0 Å². The molecule has 4 unspecified atom stereocenters. The van der Waals surface area contributed by atoms with E-state index in [9.17, 15) is 0 Å². The molecule has 1 saturated heterocycles. The van der Waals surface area contributed by atoms with Gasteiger partial charge in [-0.25, -0.2) is 0 Å². The van der Waals surface area contributed by atoms with E-state index in [2.05, 4.69) is 25.3 Å². The predicted molar refractivity (Wildman–Crippen MR) is 116 cm³/mol. The van der Waals surface area contributed by atoms with Crippen molar-refractivity contribution in [2.45, 2.75) is 90.6 Å². The average Bonchev–Trinajstić information content (AvgIpc) is 3.30. The number of ether oxygens (including phenoxy) is 1. The van der Waals surface area contributed by atoms with Crippen LogP contribution in [0.15, 0.2) is 12.2 Å². The Hall–Kier alpha value is -0.340. The zero-order valence-electron chi connectivity index (χ0n) is 18.6. The lowest BCUT2D eigenvalue weighted by Crippen LogP contribution is -2.53. The Morgan fingerprint density at radius 2 is 1.82 bits per heavy atom. The summed E-state index contributed by atoms with van der Waals surface area (Å²) < 4.78 is 6.42. The van der Waals surface area contributed by atoms with Crippen LogP contribution in [0.1, 0.15) is 84.5 Å². The van der Waals surface area contributed by atoms with Crippen LogP contribution in [-0.4, -0.2) is 37.2 Å². The first-order chi connectivity index (χ1) is 13.5. The van der Waals surface area contributed by atoms with E-state index in [1.807, 2.05) is 0 Å². The fourth-order valence-electron chi connectivity index (χ4n) is 8.63. The van der Waals surface area contributed by atoms with Crippen LogP contribution >= 0.6 is 0 Å². The molecule has 5 aliphatic rings. The van der Waals surface area contributed by atoms with Crippen molar-refractivity contribution >= 4 is 0 Å². The number of likely N-dealkylation sites (tertiary alicyclic amines) is 1. The first-order valence-corrected chi connectivity index (χ1v) is 12.5. The molecular formula is C26H43NO. The van der Waals surface area contributed by atoms with E-state index in [1.54, 1.807) is 5.57 Å². The second-order valence-corrected chi connectivity index (χ2v) is 11.6. The van der Waals surface area contributed by atoms with Crippen LogP contribution < -0.4 is 0 Å². The first-order valence-electron chi connectivity index (χ1n) is 12.5. The van der Waals surface area contributed by atoms with Crippen molar-refractivity contribution in [1.29, 1.82) is 0 Å². The molecule has 2 nitrogen and oxygen atoms in total. The third-order valence-electron chi connectivity index (χ3n) is 10.5.